The van der Waals surface area contributed by atoms with E-state index in [0.717, 1.165) is 33.1 Å². The molecule has 1 aromatic heterocycles. The minimum absolute atomic E-state index is 0.0340. The summed E-state index contributed by atoms with van der Waals surface area (Å²) in [4.78, 5) is 17.3. The maximum atomic E-state index is 11.7. The number of thiazole rings is 1. The molecule has 2 aromatic carbocycles. The van der Waals surface area contributed by atoms with E-state index in [1.54, 1.807) is 7.11 Å². The molecule has 3 aromatic rings. The first-order valence-electron chi connectivity index (χ1n) is 9.96. The van der Waals surface area contributed by atoms with Crippen LogP contribution < -0.4 is 19.6 Å². The molecule has 0 aliphatic carbocycles. The number of ether oxygens (including phenoxy) is 2. The number of amides is 1. The summed E-state index contributed by atoms with van der Waals surface area (Å²) in [5, 5.41) is 9.79. The third-order valence-corrected chi connectivity index (χ3v) is 5.53. The number of hydrogen-bond acceptors (Lipinski definition) is 6. The molecule has 0 saturated heterocycles. The van der Waals surface area contributed by atoms with E-state index in [9.17, 15) is 4.79 Å². The van der Waals surface area contributed by atoms with E-state index in [0.29, 0.717) is 11.4 Å². The van der Waals surface area contributed by atoms with Crippen molar-refractivity contribution in [2.24, 2.45) is 10.1 Å². The predicted molar refractivity (Wildman–Crippen MR) is 123 cm³/mol. The second-order valence-electron chi connectivity index (χ2n) is 7.40. The van der Waals surface area contributed by atoms with Crippen molar-refractivity contribution in [1.82, 2.24) is 4.68 Å². The molecular formula is C23H24N4O3S. The summed E-state index contributed by atoms with van der Waals surface area (Å²) < 4.78 is 12.7. The molecule has 0 bridgehead atoms. The van der Waals surface area contributed by atoms with Gasteiger partial charge < -0.3 is 14.8 Å². The predicted octanol–water partition coefficient (Wildman–Crippen LogP) is 4.14. The Balaban J connectivity index is 1.83. The molecule has 2 heterocycles. The van der Waals surface area contributed by atoms with Crippen LogP contribution in [0.25, 0.3) is 11.3 Å². The van der Waals surface area contributed by atoms with Gasteiger partial charge in [0.05, 0.1) is 24.2 Å². The number of anilines is 1. The maximum absolute atomic E-state index is 11.7. The Labute approximate surface area is 184 Å². The van der Waals surface area contributed by atoms with Crippen LogP contribution in [0.5, 0.6) is 11.5 Å². The smallest absolute Gasteiger partial charge is 0.262 e. The SMILES string of the molecule is COc1cccc(C(C)=Nn2c(-c3ccc4c(c3)NC(=O)CO4)csc2=NC(C)C)c1. The molecule has 0 atom stereocenters. The van der Waals surface area contributed by atoms with Gasteiger partial charge in [-0.3, -0.25) is 9.79 Å². The second kappa shape index (κ2) is 8.77. The van der Waals surface area contributed by atoms with Gasteiger partial charge in [0.1, 0.15) is 11.5 Å². The van der Waals surface area contributed by atoms with Crippen LogP contribution in [-0.4, -0.2) is 36.1 Å². The molecule has 160 valence electrons. The largest absolute Gasteiger partial charge is 0.497 e. The van der Waals surface area contributed by atoms with Gasteiger partial charge in [-0.2, -0.15) is 5.10 Å². The van der Waals surface area contributed by atoms with Crippen LogP contribution in [0.15, 0.2) is 57.9 Å². The van der Waals surface area contributed by atoms with E-state index in [-0.39, 0.29) is 18.6 Å². The number of nitrogens with one attached hydrogen (secondary N) is 1. The Kier molecular flexibility index (Phi) is 5.90. The van der Waals surface area contributed by atoms with Crippen molar-refractivity contribution in [1.29, 1.82) is 0 Å². The van der Waals surface area contributed by atoms with Crippen LogP contribution in [0.3, 0.4) is 0 Å². The van der Waals surface area contributed by atoms with Gasteiger partial charge in [-0.25, -0.2) is 4.68 Å². The molecule has 7 nitrogen and oxygen atoms in total. The first-order valence-corrected chi connectivity index (χ1v) is 10.8. The highest BCUT2D eigenvalue weighted by Crippen LogP contribution is 2.33. The Morgan fingerprint density at radius 2 is 2.10 bits per heavy atom. The lowest BCUT2D eigenvalue weighted by Crippen LogP contribution is -2.25. The summed E-state index contributed by atoms with van der Waals surface area (Å²) >= 11 is 1.53. The molecular weight excluding hydrogens is 412 g/mol. The summed E-state index contributed by atoms with van der Waals surface area (Å²) in [6.07, 6.45) is 0. The zero-order valence-corrected chi connectivity index (χ0v) is 18.7. The van der Waals surface area contributed by atoms with Crippen molar-refractivity contribution < 1.29 is 14.3 Å². The molecule has 4 rings (SSSR count). The molecule has 0 radical (unpaired) electrons. The molecule has 8 heteroatoms. The highest BCUT2D eigenvalue weighted by Gasteiger charge is 2.18. The zero-order chi connectivity index (χ0) is 22.0. The summed E-state index contributed by atoms with van der Waals surface area (Å²) in [5.74, 6) is 1.28. The van der Waals surface area contributed by atoms with Crippen molar-refractivity contribution in [3.63, 3.8) is 0 Å². The van der Waals surface area contributed by atoms with Gasteiger partial charge in [-0.15, -0.1) is 11.3 Å². The first kappa shape index (κ1) is 20.9. The number of hydrogen-bond donors (Lipinski definition) is 1. The Morgan fingerprint density at radius 1 is 1.26 bits per heavy atom. The second-order valence-corrected chi connectivity index (χ2v) is 8.24. The normalized spacial score (nSPS) is 14.3. The Hall–Kier alpha value is -3.39. The van der Waals surface area contributed by atoms with Crippen LogP contribution in [0, 0.1) is 0 Å². The molecule has 1 aliphatic heterocycles. The Bertz CT molecular complexity index is 1220. The quantitative estimate of drug-likeness (QED) is 0.611. The van der Waals surface area contributed by atoms with E-state index in [1.807, 2.05) is 73.3 Å². The highest BCUT2D eigenvalue weighted by atomic mass is 32.1. The van der Waals surface area contributed by atoms with Crippen molar-refractivity contribution in [2.45, 2.75) is 26.8 Å². The fraction of sp³-hybridized carbons (Fsp3) is 0.261. The van der Waals surface area contributed by atoms with E-state index in [2.05, 4.69) is 5.32 Å². The number of rotatable bonds is 5. The number of benzene rings is 2. The molecule has 0 fully saturated rings. The lowest BCUT2D eigenvalue weighted by Gasteiger charge is -2.18. The van der Waals surface area contributed by atoms with Crippen molar-refractivity contribution in [3.05, 3.63) is 58.2 Å². The van der Waals surface area contributed by atoms with Crippen LogP contribution >= 0.6 is 11.3 Å². The van der Waals surface area contributed by atoms with Crippen LogP contribution in [0.4, 0.5) is 5.69 Å². The summed E-state index contributed by atoms with van der Waals surface area (Å²) in [7, 11) is 1.65. The van der Waals surface area contributed by atoms with Crippen LogP contribution in [0.2, 0.25) is 0 Å². The van der Waals surface area contributed by atoms with Gasteiger partial charge in [0.15, 0.2) is 6.61 Å². The monoisotopic (exact) mass is 436 g/mol. The number of nitrogens with zero attached hydrogens (tertiary/aromatic N) is 3. The number of methoxy groups -OCH3 is 1. The van der Waals surface area contributed by atoms with E-state index in [4.69, 9.17) is 19.6 Å². The topological polar surface area (TPSA) is 77.2 Å². The highest BCUT2D eigenvalue weighted by molar-refractivity contribution is 7.07. The average molecular weight is 437 g/mol. The fourth-order valence-electron chi connectivity index (χ4n) is 3.20. The number of fused-ring (bicyclic) bond motifs is 1. The van der Waals surface area contributed by atoms with Gasteiger partial charge in [0.2, 0.25) is 4.80 Å². The maximum Gasteiger partial charge on any atom is 0.262 e. The molecule has 0 unspecified atom stereocenters. The van der Waals surface area contributed by atoms with Gasteiger partial charge >= 0.3 is 0 Å². The zero-order valence-electron chi connectivity index (χ0n) is 17.9. The molecule has 0 saturated carbocycles. The number of aromatic nitrogens is 1. The van der Waals surface area contributed by atoms with Gasteiger partial charge in [0.25, 0.3) is 5.91 Å². The minimum Gasteiger partial charge on any atom is -0.497 e. The fourth-order valence-corrected chi connectivity index (χ4v) is 4.17. The minimum atomic E-state index is -0.162. The summed E-state index contributed by atoms with van der Waals surface area (Å²) in [6, 6.07) is 13.7. The van der Waals surface area contributed by atoms with Crippen LogP contribution in [-0.2, 0) is 4.79 Å². The summed E-state index contributed by atoms with van der Waals surface area (Å²) in [5.41, 5.74) is 4.24. The third-order valence-electron chi connectivity index (χ3n) is 4.70. The molecule has 1 amide bonds. The van der Waals surface area contributed by atoms with Crippen LogP contribution in [0.1, 0.15) is 26.3 Å². The van der Waals surface area contributed by atoms with Gasteiger partial charge in [0, 0.05) is 22.5 Å². The van der Waals surface area contributed by atoms with Crippen molar-refractivity contribution in [3.8, 4) is 22.8 Å². The van der Waals surface area contributed by atoms with Crippen molar-refractivity contribution in [2.75, 3.05) is 19.0 Å². The molecule has 1 aliphatic rings. The van der Waals surface area contributed by atoms with Gasteiger partial charge in [-0.05, 0) is 51.1 Å². The molecule has 0 spiro atoms. The Morgan fingerprint density at radius 3 is 2.87 bits per heavy atom. The van der Waals surface area contributed by atoms with E-state index < -0.39 is 0 Å². The lowest BCUT2D eigenvalue weighted by atomic mass is 10.1. The van der Waals surface area contributed by atoms with E-state index in [1.165, 1.54) is 11.3 Å². The molecule has 1 N–H and O–H groups in total. The average Bonchev–Trinajstić information content (AvgIpc) is 3.14. The standard InChI is InChI=1S/C23H24N4O3S/c1-14(2)24-23-27(26-15(3)16-6-5-7-18(10-16)29-4)20(13-31-23)17-8-9-21-19(11-17)25-22(28)12-30-21/h5-11,13-14H,12H2,1-4H3,(H,25,28). The molecule has 31 heavy (non-hydrogen) atoms. The van der Waals surface area contributed by atoms with E-state index >= 15 is 0 Å². The summed E-state index contributed by atoms with van der Waals surface area (Å²) in [6.45, 7) is 6.07. The number of carbonyl (C=O) groups excluding carboxylic acids is 1. The van der Waals surface area contributed by atoms with Crippen molar-refractivity contribution >= 4 is 28.6 Å². The first-order chi connectivity index (χ1) is 14.9. The third kappa shape index (κ3) is 4.54. The lowest BCUT2D eigenvalue weighted by molar-refractivity contribution is -0.118. The number of carbonyl (C=O) groups is 1. The van der Waals surface area contributed by atoms with Gasteiger partial charge in [-0.1, -0.05) is 12.1 Å².